The van der Waals surface area contributed by atoms with E-state index in [4.69, 9.17) is 20.2 Å². The topological polar surface area (TPSA) is 73.5 Å². The van der Waals surface area contributed by atoms with Crippen molar-refractivity contribution in [2.75, 3.05) is 6.61 Å². The van der Waals surface area contributed by atoms with Gasteiger partial charge in [0.05, 0.1) is 25.2 Å². The Morgan fingerprint density at radius 1 is 1.67 bits per heavy atom. The first-order chi connectivity index (χ1) is 5.61. The molecule has 0 heterocycles. The fourth-order valence-electron chi connectivity index (χ4n) is 0.784. The number of ether oxygens (including phenoxy) is 1. The van der Waals surface area contributed by atoms with Gasteiger partial charge in [-0.2, -0.15) is 5.26 Å². The summed E-state index contributed by atoms with van der Waals surface area (Å²) in [6.07, 6.45) is -1.03. The Labute approximate surface area is 73.2 Å². The van der Waals surface area contributed by atoms with Crippen LogP contribution in [0.4, 0.5) is 0 Å². The lowest BCUT2D eigenvalue weighted by atomic mass is 9.97. The quantitative estimate of drug-likeness (QED) is 0.500. The van der Waals surface area contributed by atoms with Gasteiger partial charge in [0.25, 0.3) is 0 Å². The Balaban J connectivity index is 3.78. The minimum atomic E-state index is -0.712. The monoisotopic (exact) mass is 171 g/mol. The van der Waals surface area contributed by atoms with E-state index in [9.17, 15) is 0 Å². The van der Waals surface area contributed by atoms with E-state index in [1.807, 2.05) is 6.07 Å². The highest BCUT2D eigenvalue weighted by atomic mass is 16.5. The van der Waals surface area contributed by atoms with E-state index < -0.39 is 12.2 Å². The number of aliphatic hydroxyl groups excluding tert-OH is 2. The van der Waals surface area contributed by atoms with Gasteiger partial charge >= 0.3 is 0 Å². The Bertz CT molecular complexity index is 157. The average molecular weight is 171 g/mol. The molecular weight excluding hydrogens is 157 g/mol. The highest BCUT2D eigenvalue weighted by molar-refractivity contribution is 6.11. The van der Waals surface area contributed by atoms with Gasteiger partial charge in [-0.1, -0.05) is 0 Å². The molecule has 68 valence electrons. The molecule has 12 heavy (non-hydrogen) atoms. The van der Waals surface area contributed by atoms with Crippen LogP contribution in [0.5, 0.6) is 0 Å². The number of rotatable bonds is 5. The first-order valence-corrected chi connectivity index (χ1v) is 3.93. The maximum Gasteiger partial charge on any atom is 0.140 e. The summed E-state index contributed by atoms with van der Waals surface area (Å²) in [6.45, 7) is 1.31. The summed E-state index contributed by atoms with van der Waals surface area (Å²) in [4.78, 5) is 0. The fraction of sp³-hybridized carbons (Fsp3) is 0.857. The smallest absolute Gasteiger partial charge is 0.140 e. The second-order valence-corrected chi connectivity index (χ2v) is 2.77. The molecule has 0 aliphatic rings. The molecule has 0 aliphatic carbocycles. The maximum atomic E-state index is 9.06. The minimum absolute atomic E-state index is 0.229. The van der Waals surface area contributed by atoms with E-state index in [0.717, 1.165) is 0 Å². The van der Waals surface area contributed by atoms with Crippen LogP contribution in [0.15, 0.2) is 0 Å². The summed E-state index contributed by atoms with van der Waals surface area (Å²) in [5.74, 6) is 0. The second kappa shape index (κ2) is 6.01. The molecule has 0 rings (SSSR count). The van der Waals surface area contributed by atoms with Crippen molar-refractivity contribution in [2.45, 2.75) is 31.6 Å². The number of nitriles is 1. The number of aliphatic hydroxyl groups is 2. The highest BCUT2D eigenvalue weighted by Crippen LogP contribution is 2.03. The molecule has 5 heteroatoms. The molecule has 0 bridgehead atoms. The van der Waals surface area contributed by atoms with E-state index in [2.05, 4.69) is 0 Å². The summed E-state index contributed by atoms with van der Waals surface area (Å²) in [7, 11) is 1.73. The third-order valence-corrected chi connectivity index (χ3v) is 1.50. The zero-order valence-electron chi connectivity index (χ0n) is 7.40. The van der Waals surface area contributed by atoms with Gasteiger partial charge in [-0.05, 0) is 6.92 Å². The molecular formula is C7H14BNO3. The third-order valence-electron chi connectivity index (χ3n) is 1.50. The van der Waals surface area contributed by atoms with Crippen LogP contribution in [-0.2, 0) is 4.74 Å². The zero-order valence-corrected chi connectivity index (χ0v) is 7.40. The maximum absolute atomic E-state index is 9.06. The highest BCUT2D eigenvalue weighted by Gasteiger charge is 2.16. The molecule has 0 unspecified atom stereocenters. The molecule has 3 atom stereocenters. The van der Waals surface area contributed by atoms with Crippen LogP contribution in [-0.4, -0.2) is 42.9 Å². The van der Waals surface area contributed by atoms with Crippen molar-refractivity contribution >= 4 is 7.85 Å². The zero-order chi connectivity index (χ0) is 9.56. The van der Waals surface area contributed by atoms with Crippen LogP contribution < -0.4 is 0 Å². The summed E-state index contributed by atoms with van der Waals surface area (Å²) in [5, 5.41) is 26.1. The lowest BCUT2D eigenvalue weighted by molar-refractivity contribution is -0.0671. The Morgan fingerprint density at radius 2 is 2.25 bits per heavy atom. The SMILES string of the molecule is B[C@@H](CC#N)O[C@H](CO)[C@H](C)O. The van der Waals surface area contributed by atoms with Crippen molar-refractivity contribution in [2.24, 2.45) is 0 Å². The normalized spacial score (nSPS) is 17.8. The first-order valence-electron chi connectivity index (χ1n) is 3.93. The summed E-state index contributed by atoms with van der Waals surface area (Å²) < 4.78 is 5.18. The lowest BCUT2D eigenvalue weighted by Gasteiger charge is -2.21. The predicted octanol–water partition coefficient (Wildman–Crippen LogP) is -1.38. The van der Waals surface area contributed by atoms with Gasteiger partial charge in [-0.15, -0.1) is 0 Å². The van der Waals surface area contributed by atoms with Crippen LogP contribution >= 0.6 is 0 Å². The van der Waals surface area contributed by atoms with Gasteiger partial charge in [-0.25, -0.2) is 0 Å². The molecule has 0 aromatic carbocycles. The molecule has 0 saturated carbocycles. The molecule has 4 nitrogen and oxygen atoms in total. The third kappa shape index (κ3) is 4.34. The van der Waals surface area contributed by atoms with Crippen LogP contribution in [0.2, 0.25) is 0 Å². The average Bonchev–Trinajstić information content (AvgIpc) is 2.00. The number of hydrogen-bond acceptors (Lipinski definition) is 4. The molecule has 0 fully saturated rings. The van der Waals surface area contributed by atoms with Crippen LogP contribution in [0.25, 0.3) is 0 Å². The number of nitrogens with zero attached hydrogens (tertiary/aromatic N) is 1. The van der Waals surface area contributed by atoms with Crippen LogP contribution in [0.1, 0.15) is 13.3 Å². The summed E-state index contributed by atoms with van der Waals surface area (Å²) >= 11 is 0. The van der Waals surface area contributed by atoms with Crippen molar-refractivity contribution in [1.29, 1.82) is 5.26 Å². The number of hydrogen-bond donors (Lipinski definition) is 2. The molecule has 0 aromatic heterocycles. The minimum Gasteiger partial charge on any atom is -0.394 e. The van der Waals surface area contributed by atoms with Crippen molar-refractivity contribution in [3.63, 3.8) is 0 Å². The Hall–Kier alpha value is -0.565. The molecule has 0 saturated heterocycles. The van der Waals surface area contributed by atoms with Crippen molar-refractivity contribution in [3.05, 3.63) is 0 Å². The Morgan fingerprint density at radius 3 is 2.58 bits per heavy atom. The van der Waals surface area contributed by atoms with E-state index in [0.29, 0.717) is 0 Å². The molecule has 0 aromatic rings. The predicted molar refractivity (Wildman–Crippen MR) is 46.2 cm³/mol. The second-order valence-electron chi connectivity index (χ2n) is 2.77. The van der Waals surface area contributed by atoms with E-state index >= 15 is 0 Å². The fourth-order valence-corrected chi connectivity index (χ4v) is 0.784. The molecule has 0 amide bonds. The Kier molecular flexibility index (Phi) is 5.72. The lowest BCUT2D eigenvalue weighted by Crippen LogP contribution is -2.34. The van der Waals surface area contributed by atoms with E-state index in [-0.39, 0.29) is 19.0 Å². The van der Waals surface area contributed by atoms with Gasteiger partial charge in [0.1, 0.15) is 14.0 Å². The van der Waals surface area contributed by atoms with Crippen LogP contribution in [0, 0.1) is 11.3 Å². The van der Waals surface area contributed by atoms with Crippen molar-refractivity contribution in [1.82, 2.24) is 0 Å². The van der Waals surface area contributed by atoms with E-state index in [1.54, 1.807) is 14.8 Å². The van der Waals surface area contributed by atoms with Gasteiger partial charge in [0, 0.05) is 6.00 Å². The molecule has 0 aliphatic heterocycles. The van der Waals surface area contributed by atoms with E-state index in [1.165, 1.54) is 0 Å². The molecule has 0 radical (unpaired) electrons. The van der Waals surface area contributed by atoms with Gasteiger partial charge < -0.3 is 14.9 Å². The van der Waals surface area contributed by atoms with Crippen molar-refractivity contribution < 1.29 is 14.9 Å². The molecule has 2 N–H and O–H groups in total. The van der Waals surface area contributed by atoms with Crippen LogP contribution in [0.3, 0.4) is 0 Å². The largest absolute Gasteiger partial charge is 0.394 e. The van der Waals surface area contributed by atoms with Crippen molar-refractivity contribution in [3.8, 4) is 6.07 Å². The molecule has 0 spiro atoms. The van der Waals surface area contributed by atoms with Gasteiger partial charge in [-0.3, -0.25) is 0 Å². The van der Waals surface area contributed by atoms with Gasteiger partial charge in [0.2, 0.25) is 0 Å². The summed E-state index contributed by atoms with van der Waals surface area (Å²) in [6, 6.07) is 1.70. The van der Waals surface area contributed by atoms with Gasteiger partial charge in [0.15, 0.2) is 0 Å². The summed E-state index contributed by atoms with van der Waals surface area (Å²) in [5.41, 5.74) is 0. The standard InChI is InChI=1S/C7H14BNO3/c1-5(11)6(4-10)12-7(8)2-3-9/h5-7,10-11H,2,4,8H2,1H3/t5-,6+,7+/m0/s1. The first kappa shape index (κ1) is 11.4.